The molecule has 26 heavy (non-hydrogen) atoms. The summed E-state index contributed by atoms with van der Waals surface area (Å²) >= 11 is 0. The molecule has 2 amide bonds. The molecule has 0 aliphatic rings. The number of methoxy groups -OCH3 is 1. The number of para-hydroxylation sites is 1. The molecule has 0 spiro atoms. The molecule has 3 rings (SSSR count). The monoisotopic (exact) mass is 352 g/mol. The minimum absolute atomic E-state index is 0.266. The third-order valence-corrected chi connectivity index (χ3v) is 4.21. The van der Waals surface area contributed by atoms with Crippen molar-refractivity contribution in [1.82, 2.24) is 4.57 Å². The van der Waals surface area contributed by atoms with E-state index in [2.05, 4.69) is 15.2 Å². The Kier molecular flexibility index (Phi) is 5.43. The highest BCUT2D eigenvalue weighted by Gasteiger charge is 2.11. The van der Waals surface area contributed by atoms with Gasteiger partial charge in [-0.05, 0) is 30.3 Å². The highest BCUT2D eigenvalue weighted by molar-refractivity contribution is 6.06. The molecule has 6 nitrogen and oxygen atoms in total. The van der Waals surface area contributed by atoms with Crippen LogP contribution in [0.3, 0.4) is 0 Å². The lowest BCUT2D eigenvalue weighted by Gasteiger charge is -2.13. The van der Waals surface area contributed by atoms with E-state index in [9.17, 15) is 4.79 Å². The maximum Gasteiger partial charge on any atom is 0.323 e. The average molecular weight is 352 g/mol. The van der Waals surface area contributed by atoms with Crippen LogP contribution in [0.2, 0.25) is 0 Å². The molecular formula is C20H24N4O2. The molecule has 0 bridgehead atoms. The molecule has 0 atom stereocenters. The van der Waals surface area contributed by atoms with Crippen LogP contribution in [0.4, 0.5) is 21.9 Å². The quantitative estimate of drug-likeness (QED) is 0.705. The van der Waals surface area contributed by atoms with Crippen molar-refractivity contribution in [2.45, 2.75) is 6.54 Å². The predicted octanol–water partition coefficient (Wildman–Crippen LogP) is 4.00. The lowest BCUT2D eigenvalue weighted by atomic mass is 10.2. The minimum atomic E-state index is -0.266. The van der Waals surface area contributed by atoms with Crippen LogP contribution in [0, 0.1) is 0 Å². The molecule has 0 radical (unpaired) electrons. The first-order valence-electron chi connectivity index (χ1n) is 8.50. The van der Waals surface area contributed by atoms with Gasteiger partial charge in [0, 0.05) is 50.7 Å². The first-order valence-corrected chi connectivity index (χ1v) is 8.50. The van der Waals surface area contributed by atoms with E-state index < -0.39 is 0 Å². The fourth-order valence-electron chi connectivity index (χ4n) is 2.85. The van der Waals surface area contributed by atoms with Crippen molar-refractivity contribution in [3.8, 4) is 0 Å². The summed E-state index contributed by atoms with van der Waals surface area (Å²) in [4.78, 5) is 14.4. The largest absolute Gasteiger partial charge is 0.383 e. The van der Waals surface area contributed by atoms with Gasteiger partial charge in [-0.1, -0.05) is 18.2 Å². The van der Waals surface area contributed by atoms with E-state index in [0.29, 0.717) is 6.61 Å². The Morgan fingerprint density at radius 3 is 2.50 bits per heavy atom. The van der Waals surface area contributed by atoms with Gasteiger partial charge in [0.05, 0.1) is 17.8 Å². The number of rotatable bonds is 6. The SMILES string of the molecule is COCCn1cc(NC(=O)Nc2ccc(N(C)C)cc2)c2ccccc21. The molecule has 1 aromatic heterocycles. The molecular weight excluding hydrogens is 328 g/mol. The van der Waals surface area contributed by atoms with Gasteiger partial charge in [-0.2, -0.15) is 0 Å². The molecule has 0 unspecified atom stereocenters. The minimum Gasteiger partial charge on any atom is -0.383 e. The number of nitrogens with zero attached hydrogens (tertiary/aromatic N) is 2. The summed E-state index contributed by atoms with van der Waals surface area (Å²) in [7, 11) is 5.64. The molecule has 3 aromatic rings. The van der Waals surface area contributed by atoms with Crippen molar-refractivity contribution in [3.05, 3.63) is 54.7 Å². The van der Waals surface area contributed by atoms with Gasteiger partial charge >= 0.3 is 6.03 Å². The fraction of sp³-hybridized carbons (Fsp3) is 0.250. The summed E-state index contributed by atoms with van der Waals surface area (Å²) in [5, 5.41) is 6.82. The molecule has 0 aliphatic heterocycles. The zero-order valence-electron chi connectivity index (χ0n) is 15.3. The Balaban J connectivity index is 1.74. The van der Waals surface area contributed by atoms with Crippen LogP contribution in [0.5, 0.6) is 0 Å². The number of benzene rings is 2. The number of carbonyl (C=O) groups excluding carboxylic acids is 1. The molecule has 1 heterocycles. The first-order chi connectivity index (χ1) is 12.6. The van der Waals surface area contributed by atoms with Gasteiger partial charge < -0.3 is 24.8 Å². The lowest BCUT2D eigenvalue weighted by molar-refractivity contribution is 0.188. The van der Waals surface area contributed by atoms with Gasteiger partial charge in [0.15, 0.2) is 0 Å². The summed E-state index contributed by atoms with van der Waals surface area (Å²) in [5.74, 6) is 0. The Morgan fingerprint density at radius 1 is 1.08 bits per heavy atom. The van der Waals surface area contributed by atoms with Gasteiger partial charge in [-0.25, -0.2) is 4.79 Å². The smallest absolute Gasteiger partial charge is 0.323 e. The standard InChI is InChI=1S/C20H24N4O2/c1-23(2)16-10-8-15(9-11-16)21-20(25)22-18-14-24(12-13-26-3)19-7-5-4-6-17(18)19/h4-11,14H,12-13H2,1-3H3,(H2,21,22,25). The maximum absolute atomic E-state index is 12.4. The van der Waals surface area contributed by atoms with Gasteiger partial charge in [-0.15, -0.1) is 0 Å². The Morgan fingerprint density at radius 2 is 1.81 bits per heavy atom. The number of hydrogen-bond donors (Lipinski definition) is 2. The summed E-state index contributed by atoms with van der Waals surface area (Å²) in [6.45, 7) is 1.34. The number of fused-ring (bicyclic) bond motifs is 1. The van der Waals surface area contributed by atoms with Gasteiger partial charge in [0.25, 0.3) is 0 Å². The van der Waals surface area contributed by atoms with Gasteiger partial charge in [-0.3, -0.25) is 0 Å². The van der Waals surface area contributed by atoms with Gasteiger partial charge in [0.2, 0.25) is 0 Å². The lowest BCUT2D eigenvalue weighted by Crippen LogP contribution is -2.19. The van der Waals surface area contributed by atoms with Crippen molar-refractivity contribution in [2.24, 2.45) is 0 Å². The van der Waals surface area contributed by atoms with Crippen LogP contribution in [-0.2, 0) is 11.3 Å². The summed E-state index contributed by atoms with van der Waals surface area (Å²) in [6.07, 6.45) is 1.94. The number of ether oxygens (including phenoxy) is 1. The van der Waals surface area contributed by atoms with Crippen LogP contribution in [0.15, 0.2) is 54.7 Å². The van der Waals surface area contributed by atoms with E-state index in [0.717, 1.165) is 34.5 Å². The Bertz CT molecular complexity index is 884. The topological polar surface area (TPSA) is 58.5 Å². The summed E-state index contributed by atoms with van der Waals surface area (Å²) < 4.78 is 7.25. The predicted molar refractivity (Wildman–Crippen MR) is 107 cm³/mol. The number of aromatic nitrogens is 1. The maximum atomic E-state index is 12.4. The summed E-state index contributed by atoms with van der Waals surface area (Å²) in [5.41, 5.74) is 3.67. The second-order valence-electron chi connectivity index (χ2n) is 6.27. The van der Waals surface area contributed by atoms with E-state index >= 15 is 0 Å². The zero-order valence-corrected chi connectivity index (χ0v) is 15.3. The Labute approximate surface area is 153 Å². The van der Waals surface area contributed by atoms with Crippen molar-refractivity contribution in [1.29, 1.82) is 0 Å². The van der Waals surface area contributed by atoms with E-state index in [1.54, 1.807) is 7.11 Å². The normalized spacial score (nSPS) is 10.7. The van der Waals surface area contributed by atoms with E-state index in [1.165, 1.54) is 0 Å². The van der Waals surface area contributed by atoms with Crippen LogP contribution >= 0.6 is 0 Å². The third kappa shape index (κ3) is 3.97. The van der Waals surface area contributed by atoms with Crippen molar-refractivity contribution in [3.63, 3.8) is 0 Å². The molecule has 2 N–H and O–H groups in total. The number of anilines is 3. The van der Waals surface area contributed by atoms with E-state index in [1.807, 2.05) is 73.7 Å². The zero-order chi connectivity index (χ0) is 18.5. The number of urea groups is 1. The third-order valence-electron chi connectivity index (χ3n) is 4.21. The van der Waals surface area contributed by atoms with Crippen molar-refractivity contribution in [2.75, 3.05) is 43.3 Å². The fourth-order valence-corrected chi connectivity index (χ4v) is 2.85. The molecule has 0 saturated heterocycles. The molecule has 0 fully saturated rings. The van der Waals surface area contributed by atoms with Crippen molar-refractivity contribution >= 4 is 34.0 Å². The first kappa shape index (κ1) is 17.8. The number of nitrogens with one attached hydrogen (secondary N) is 2. The number of carbonyl (C=O) groups is 1. The molecule has 0 saturated carbocycles. The molecule has 0 aliphatic carbocycles. The van der Waals surface area contributed by atoms with Crippen LogP contribution < -0.4 is 15.5 Å². The molecule has 6 heteroatoms. The molecule has 2 aromatic carbocycles. The molecule has 136 valence electrons. The number of hydrogen-bond acceptors (Lipinski definition) is 3. The van der Waals surface area contributed by atoms with Crippen molar-refractivity contribution < 1.29 is 9.53 Å². The second kappa shape index (κ2) is 7.93. The number of amides is 2. The highest BCUT2D eigenvalue weighted by atomic mass is 16.5. The second-order valence-corrected chi connectivity index (χ2v) is 6.27. The van der Waals surface area contributed by atoms with Crippen LogP contribution in [0.1, 0.15) is 0 Å². The van der Waals surface area contributed by atoms with Gasteiger partial charge in [0.1, 0.15) is 0 Å². The Hall–Kier alpha value is -2.99. The van der Waals surface area contributed by atoms with Crippen LogP contribution in [0.25, 0.3) is 10.9 Å². The highest BCUT2D eigenvalue weighted by Crippen LogP contribution is 2.26. The van der Waals surface area contributed by atoms with E-state index in [4.69, 9.17) is 4.74 Å². The van der Waals surface area contributed by atoms with Crippen LogP contribution in [-0.4, -0.2) is 38.4 Å². The summed E-state index contributed by atoms with van der Waals surface area (Å²) in [6, 6.07) is 15.4. The average Bonchev–Trinajstić information content (AvgIpc) is 2.98. The van der Waals surface area contributed by atoms with E-state index in [-0.39, 0.29) is 6.03 Å².